The van der Waals surface area contributed by atoms with Crippen LogP contribution in [0.25, 0.3) is 0 Å². The molecule has 0 unspecified atom stereocenters. The lowest BCUT2D eigenvalue weighted by Gasteiger charge is -2.05. The van der Waals surface area contributed by atoms with Gasteiger partial charge in [-0.3, -0.25) is 0 Å². The van der Waals surface area contributed by atoms with E-state index in [-0.39, 0.29) is 16.3 Å². The van der Waals surface area contributed by atoms with Gasteiger partial charge in [0.2, 0.25) is 0 Å². The number of hydrogen-bond donors (Lipinski definition) is 1. The quantitative estimate of drug-likeness (QED) is 0.651. The first-order valence-corrected chi connectivity index (χ1v) is 7.78. The molecule has 2 N–H and O–H groups in total. The maximum Gasteiger partial charge on any atom is 0.178 e. The molecular weight excluding hydrogens is 249 g/mol. The van der Waals surface area contributed by atoms with Crippen LogP contribution in [-0.4, -0.2) is 26.2 Å². The van der Waals surface area contributed by atoms with Crippen LogP contribution in [0.5, 0.6) is 0 Å². The first-order valence-electron chi connectivity index (χ1n) is 4.73. The van der Waals surface area contributed by atoms with Crippen molar-refractivity contribution in [3.8, 4) is 0 Å². The molecule has 6 heteroatoms. The first-order chi connectivity index (χ1) is 7.45. The monoisotopic (exact) mass is 263 g/mol. The number of hydrogen-bond acceptors (Lipinski definition) is 4. The van der Waals surface area contributed by atoms with E-state index in [1.54, 1.807) is 11.8 Å². The third-order valence-electron chi connectivity index (χ3n) is 2.01. The van der Waals surface area contributed by atoms with Crippen molar-refractivity contribution in [3.63, 3.8) is 0 Å². The molecule has 1 rings (SSSR count). The Labute approximate surface area is 99.1 Å². The molecule has 0 radical (unpaired) electrons. The van der Waals surface area contributed by atoms with E-state index in [4.69, 9.17) is 5.73 Å². The van der Waals surface area contributed by atoms with Gasteiger partial charge in [-0.05, 0) is 36.6 Å². The summed E-state index contributed by atoms with van der Waals surface area (Å²) in [7, 11) is -3.41. The molecular formula is C10H14FNO2S2. The van der Waals surface area contributed by atoms with E-state index >= 15 is 0 Å². The van der Waals surface area contributed by atoms with Gasteiger partial charge in [0.25, 0.3) is 0 Å². The normalized spacial score (nSPS) is 11.6. The van der Waals surface area contributed by atoms with E-state index in [1.165, 1.54) is 6.07 Å². The molecule has 0 aliphatic carbocycles. The van der Waals surface area contributed by atoms with Gasteiger partial charge in [-0.1, -0.05) is 0 Å². The molecule has 0 saturated heterocycles. The maximum absolute atomic E-state index is 13.0. The number of thioether (sulfide) groups is 1. The third kappa shape index (κ3) is 3.68. The second-order valence-corrected chi connectivity index (χ2v) is 6.48. The molecule has 0 aliphatic rings. The van der Waals surface area contributed by atoms with Gasteiger partial charge in [-0.15, -0.1) is 0 Å². The largest absolute Gasteiger partial charge is 0.399 e. The van der Waals surface area contributed by atoms with Crippen LogP contribution in [0.3, 0.4) is 0 Å². The van der Waals surface area contributed by atoms with Crippen molar-refractivity contribution in [2.45, 2.75) is 11.3 Å². The Morgan fingerprint density at radius 3 is 2.62 bits per heavy atom. The summed E-state index contributed by atoms with van der Waals surface area (Å²) in [6.45, 7) is 0. The topological polar surface area (TPSA) is 60.2 Å². The zero-order chi connectivity index (χ0) is 12.2. The lowest BCUT2D eigenvalue weighted by molar-refractivity contribution is 0.590. The number of benzene rings is 1. The van der Waals surface area contributed by atoms with Crippen LogP contribution in [0.15, 0.2) is 23.1 Å². The predicted molar refractivity (Wildman–Crippen MR) is 65.9 cm³/mol. The molecule has 0 aliphatic heterocycles. The molecule has 3 nitrogen and oxygen atoms in total. The Morgan fingerprint density at radius 2 is 2.06 bits per heavy atom. The molecule has 0 spiro atoms. The summed E-state index contributed by atoms with van der Waals surface area (Å²) in [6.07, 6.45) is 2.46. The van der Waals surface area contributed by atoms with Gasteiger partial charge in [0.15, 0.2) is 9.84 Å². The highest BCUT2D eigenvalue weighted by molar-refractivity contribution is 7.98. The first kappa shape index (κ1) is 13.3. The molecule has 1 aromatic rings. The number of nitrogen functional groups attached to an aromatic ring is 1. The van der Waals surface area contributed by atoms with E-state index in [9.17, 15) is 12.8 Å². The van der Waals surface area contributed by atoms with Gasteiger partial charge in [0.1, 0.15) is 5.82 Å². The van der Waals surface area contributed by atoms with Crippen LogP contribution in [0.4, 0.5) is 10.1 Å². The number of nitrogens with two attached hydrogens (primary N) is 1. The molecule has 0 fully saturated rings. The zero-order valence-electron chi connectivity index (χ0n) is 8.94. The minimum absolute atomic E-state index is 0.0245. The second kappa shape index (κ2) is 5.54. The molecule has 0 aromatic heterocycles. The van der Waals surface area contributed by atoms with Gasteiger partial charge in [-0.25, -0.2) is 12.8 Å². The Kier molecular flexibility index (Phi) is 4.61. The van der Waals surface area contributed by atoms with E-state index < -0.39 is 15.7 Å². The Balaban J connectivity index is 2.89. The van der Waals surface area contributed by atoms with Crippen molar-refractivity contribution in [2.24, 2.45) is 0 Å². The van der Waals surface area contributed by atoms with Gasteiger partial charge in [0.05, 0.1) is 10.6 Å². The van der Waals surface area contributed by atoms with E-state index in [1.807, 2.05) is 6.26 Å². The van der Waals surface area contributed by atoms with Crippen molar-refractivity contribution in [1.29, 1.82) is 0 Å². The summed E-state index contributed by atoms with van der Waals surface area (Å²) < 4.78 is 36.6. The molecule has 0 heterocycles. The SMILES string of the molecule is CSCCCS(=O)(=O)c1cc(N)cc(F)c1. The Bertz CT molecular complexity index is 440. The van der Waals surface area contributed by atoms with E-state index in [0.717, 1.165) is 17.9 Å². The van der Waals surface area contributed by atoms with Gasteiger partial charge in [-0.2, -0.15) is 11.8 Å². The van der Waals surface area contributed by atoms with Crippen molar-refractivity contribution in [1.82, 2.24) is 0 Å². The van der Waals surface area contributed by atoms with Crippen LogP contribution in [-0.2, 0) is 9.84 Å². The summed E-state index contributed by atoms with van der Waals surface area (Å²) in [4.78, 5) is -0.0360. The van der Waals surface area contributed by atoms with Crippen molar-refractivity contribution >= 4 is 27.3 Å². The van der Waals surface area contributed by atoms with Gasteiger partial charge < -0.3 is 5.73 Å². The van der Waals surface area contributed by atoms with Crippen molar-refractivity contribution in [3.05, 3.63) is 24.0 Å². The van der Waals surface area contributed by atoms with Crippen molar-refractivity contribution in [2.75, 3.05) is 23.5 Å². The number of anilines is 1. The Hall–Kier alpha value is -0.750. The third-order valence-corrected chi connectivity index (χ3v) is 4.49. The average molecular weight is 263 g/mol. The van der Waals surface area contributed by atoms with Crippen LogP contribution in [0, 0.1) is 5.82 Å². The molecule has 0 atom stereocenters. The highest BCUT2D eigenvalue weighted by Crippen LogP contribution is 2.18. The predicted octanol–water partition coefficient (Wildman–Crippen LogP) is 1.93. The number of halogens is 1. The van der Waals surface area contributed by atoms with Crippen LogP contribution in [0.1, 0.15) is 6.42 Å². The zero-order valence-corrected chi connectivity index (χ0v) is 10.6. The maximum atomic E-state index is 13.0. The number of rotatable bonds is 5. The van der Waals surface area contributed by atoms with Crippen LogP contribution < -0.4 is 5.73 Å². The van der Waals surface area contributed by atoms with Crippen molar-refractivity contribution < 1.29 is 12.8 Å². The highest BCUT2D eigenvalue weighted by Gasteiger charge is 2.15. The summed E-state index contributed by atoms with van der Waals surface area (Å²) in [6, 6.07) is 3.39. The molecule has 1 aromatic carbocycles. The minimum atomic E-state index is -3.41. The molecule has 90 valence electrons. The fourth-order valence-electron chi connectivity index (χ4n) is 1.28. The van der Waals surface area contributed by atoms with Crippen LogP contribution >= 0.6 is 11.8 Å². The van der Waals surface area contributed by atoms with Gasteiger partial charge >= 0.3 is 0 Å². The summed E-state index contributed by atoms with van der Waals surface area (Å²) >= 11 is 1.58. The molecule has 0 bridgehead atoms. The second-order valence-electron chi connectivity index (χ2n) is 3.39. The fraction of sp³-hybridized carbons (Fsp3) is 0.400. The Morgan fingerprint density at radius 1 is 1.38 bits per heavy atom. The molecule has 0 saturated carbocycles. The summed E-state index contributed by atoms with van der Waals surface area (Å²) in [5.74, 6) is 0.171. The van der Waals surface area contributed by atoms with Gasteiger partial charge in [0, 0.05) is 5.69 Å². The average Bonchev–Trinajstić information content (AvgIpc) is 2.16. The van der Waals surface area contributed by atoms with E-state index in [2.05, 4.69) is 0 Å². The fourth-order valence-corrected chi connectivity index (χ4v) is 3.26. The summed E-state index contributed by atoms with van der Waals surface area (Å²) in [5.41, 5.74) is 5.53. The smallest absolute Gasteiger partial charge is 0.178 e. The van der Waals surface area contributed by atoms with Crippen LogP contribution in [0.2, 0.25) is 0 Å². The minimum Gasteiger partial charge on any atom is -0.399 e. The van der Waals surface area contributed by atoms with E-state index in [0.29, 0.717) is 6.42 Å². The lowest BCUT2D eigenvalue weighted by atomic mass is 10.3. The highest BCUT2D eigenvalue weighted by atomic mass is 32.2. The molecule has 16 heavy (non-hydrogen) atoms. The lowest BCUT2D eigenvalue weighted by Crippen LogP contribution is -2.08. The summed E-state index contributed by atoms with van der Waals surface area (Å²) in [5, 5.41) is 0. The molecule has 0 amide bonds. The standard InChI is InChI=1S/C10H14FNO2S2/c1-15-3-2-4-16(13,14)10-6-8(11)5-9(12)7-10/h5-7H,2-4,12H2,1H3. The number of sulfone groups is 1.